The van der Waals surface area contributed by atoms with Gasteiger partial charge in [0.05, 0.1) is 17.0 Å². The molecule has 2 aromatic carbocycles. The normalized spacial score (nSPS) is 16.0. The van der Waals surface area contributed by atoms with Crippen molar-refractivity contribution in [1.82, 2.24) is 9.47 Å². The summed E-state index contributed by atoms with van der Waals surface area (Å²) in [6.07, 6.45) is 4.76. The van der Waals surface area contributed by atoms with Crippen LogP contribution in [0, 0.1) is 5.82 Å². The molecule has 0 radical (unpaired) electrons. The lowest BCUT2D eigenvalue weighted by Crippen LogP contribution is -2.22. The number of aromatic nitrogens is 1. The van der Waals surface area contributed by atoms with Gasteiger partial charge in [0, 0.05) is 29.8 Å². The Hall–Kier alpha value is -2.44. The number of thioether (sulfide) groups is 1. The SMILES string of the molecule is CCc1cccc2c(/C=C3\SC(=S)N(C)C3=O)cn(Cc3ccccc3F)c12. The molecule has 3 nitrogen and oxygen atoms in total. The lowest BCUT2D eigenvalue weighted by Gasteiger charge is -2.09. The van der Waals surface area contributed by atoms with Crippen LogP contribution in [0.4, 0.5) is 4.39 Å². The Bertz CT molecular complexity index is 1130. The van der Waals surface area contributed by atoms with Gasteiger partial charge in [0.15, 0.2) is 0 Å². The van der Waals surface area contributed by atoms with Gasteiger partial charge >= 0.3 is 0 Å². The second-order valence-corrected chi connectivity index (χ2v) is 8.39. The Morgan fingerprint density at radius 3 is 2.57 bits per heavy atom. The molecule has 0 N–H and O–H groups in total. The van der Waals surface area contributed by atoms with Crippen molar-refractivity contribution in [3.63, 3.8) is 0 Å². The first-order valence-electron chi connectivity index (χ1n) is 9.05. The number of likely N-dealkylation sites (N-methyl/N-ethyl adjacent to an activating group) is 1. The van der Waals surface area contributed by atoms with Crippen LogP contribution in [-0.4, -0.2) is 26.7 Å². The highest BCUT2D eigenvalue weighted by Crippen LogP contribution is 2.34. The highest BCUT2D eigenvalue weighted by molar-refractivity contribution is 8.26. The van der Waals surface area contributed by atoms with Crippen molar-refractivity contribution in [2.45, 2.75) is 19.9 Å². The number of amides is 1. The zero-order valence-corrected chi connectivity index (χ0v) is 17.2. The fourth-order valence-electron chi connectivity index (χ4n) is 3.49. The van der Waals surface area contributed by atoms with Gasteiger partial charge in [0.25, 0.3) is 5.91 Å². The summed E-state index contributed by atoms with van der Waals surface area (Å²) in [7, 11) is 1.69. The van der Waals surface area contributed by atoms with E-state index in [4.69, 9.17) is 12.2 Å². The van der Waals surface area contributed by atoms with E-state index < -0.39 is 0 Å². The number of hydrogen-bond donors (Lipinski definition) is 0. The van der Waals surface area contributed by atoms with Crippen molar-refractivity contribution in [2.24, 2.45) is 0 Å². The van der Waals surface area contributed by atoms with Crippen LogP contribution in [-0.2, 0) is 17.8 Å². The first-order valence-corrected chi connectivity index (χ1v) is 10.3. The fraction of sp³-hybridized carbons (Fsp3) is 0.182. The molecule has 0 spiro atoms. The maximum Gasteiger partial charge on any atom is 0.265 e. The van der Waals surface area contributed by atoms with Crippen molar-refractivity contribution < 1.29 is 9.18 Å². The number of thiocarbonyl (C=S) groups is 1. The standard InChI is InChI=1S/C22H19FN2OS2/c1-3-14-8-6-9-17-16(11-19-21(26)24(2)22(27)28-19)13-25(20(14)17)12-15-7-4-5-10-18(15)23/h4-11,13H,3,12H2,1-2H3/b19-11-. The molecule has 2 heterocycles. The van der Waals surface area contributed by atoms with E-state index in [-0.39, 0.29) is 11.7 Å². The zero-order chi connectivity index (χ0) is 19.8. The number of hydrogen-bond acceptors (Lipinski definition) is 3. The highest BCUT2D eigenvalue weighted by Gasteiger charge is 2.29. The maximum absolute atomic E-state index is 14.2. The van der Waals surface area contributed by atoms with Crippen LogP contribution >= 0.6 is 24.0 Å². The number of halogens is 1. The lowest BCUT2D eigenvalue weighted by atomic mass is 10.1. The number of benzene rings is 2. The van der Waals surface area contributed by atoms with Crippen LogP contribution in [0.2, 0.25) is 0 Å². The monoisotopic (exact) mass is 410 g/mol. The van der Waals surface area contributed by atoms with E-state index in [1.54, 1.807) is 19.2 Å². The molecule has 1 amide bonds. The molecule has 6 heteroatoms. The average Bonchev–Trinajstić information content (AvgIpc) is 3.16. The third kappa shape index (κ3) is 3.27. The number of nitrogens with zero attached hydrogens (tertiary/aromatic N) is 2. The van der Waals surface area contributed by atoms with E-state index >= 15 is 0 Å². The Morgan fingerprint density at radius 2 is 1.89 bits per heavy atom. The minimum Gasteiger partial charge on any atom is -0.342 e. The number of para-hydroxylation sites is 1. The van der Waals surface area contributed by atoms with E-state index in [9.17, 15) is 9.18 Å². The number of carbonyl (C=O) groups excluding carboxylic acids is 1. The summed E-state index contributed by atoms with van der Waals surface area (Å²) in [6, 6.07) is 13.0. The number of carbonyl (C=O) groups is 1. The van der Waals surface area contributed by atoms with Gasteiger partial charge in [-0.2, -0.15) is 0 Å². The van der Waals surface area contributed by atoms with E-state index in [1.807, 2.05) is 30.5 Å². The third-order valence-corrected chi connectivity index (χ3v) is 6.45. The van der Waals surface area contributed by atoms with Crippen LogP contribution < -0.4 is 0 Å². The van der Waals surface area contributed by atoms with Gasteiger partial charge in [-0.05, 0) is 24.1 Å². The van der Waals surface area contributed by atoms with Crippen molar-refractivity contribution in [3.05, 3.63) is 76.1 Å². The van der Waals surface area contributed by atoms with Crippen LogP contribution in [0.1, 0.15) is 23.6 Å². The Labute approximate surface area is 172 Å². The number of fused-ring (bicyclic) bond motifs is 1. The summed E-state index contributed by atoms with van der Waals surface area (Å²) in [5.41, 5.74) is 3.84. The van der Waals surface area contributed by atoms with Gasteiger partial charge in [-0.15, -0.1) is 0 Å². The van der Waals surface area contributed by atoms with Crippen molar-refractivity contribution in [2.75, 3.05) is 7.05 Å². The Morgan fingerprint density at radius 1 is 1.14 bits per heavy atom. The molecule has 1 aliphatic rings. The Balaban J connectivity index is 1.86. The quantitative estimate of drug-likeness (QED) is 0.435. The molecular weight excluding hydrogens is 391 g/mol. The molecule has 1 fully saturated rings. The molecule has 142 valence electrons. The van der Waals surface area contributed by atoms with Crippen molar-refractivity contribution >= 4 is 51.2 Å². The van der Waals surface area contributed by atoms with E-state index in [2.05, 4.69) is 17.6 Å². The van der Waals surface area contributed by atoms with Gasteiger partial charge in [-0.3, -0.25) is 9.69 Å². The molecule has 0 aliphatic carbocycles. The molecular formula is C22H19FN2OS2. The first kappa shape index (κ1) is 18.9. The smallest absolute Gasteiger partial charge is 0.265 e. The minimum absolute atomic E-state index is 0.0864. The first-order chi connectivity index (χ1) is 13.5. The maximum atomic E-state index is 14.2. The van der Waals surface area contributed by atoms with Gasteiger partial charge in [-0.25, -0.2) is 4.39 Å². The second kappa shape index (κ2) is 7.53. The van der Waals surface area contributed by atoms with E-state index in [1.165, 1.54) is 28.3 Å². The molecule has 0 saturated carbocycles. The average molecular weight is 411 g/mol. The van der Waals surface area contributed by atoms with Gasteiger partial charge < -0.3 is 4.57 Å². The van der Waals surface area contributed by atoms with Crippen LogP contribution in [0.3, 0.4) is 0 Å². The molecule has 1 aromatic heterocycles. The Kier molecular flexibility index (Phi) is 5.08. The van der Waals surface area contributed by atoms with E-state index in [0.717, 1.165) is 22.9 Å². The van der Waals surface area contributed by atoms with Crippen LogP contribution in [0.15, 0.2) is 53.6 Å². The fourth-order valence-corrected chi connectivity index (χ4v) is 4.66. The van der Waals surface area contributed by atoms with Gasteiger partial charge in [0.2, 0.25) is 0 Å². The van der Waals surface area contributed by atoms with Crippen molar-refractivity contribution in [3.8, 4) is 0 Å². The molecule has 28 heavy (non-hydrogen) atoms. The third-order valence-electron chi connectivity index (χ3n) is 4.97. The summed E-state index contributed by atoms with van der Waals surface area (Å²) in [4.78, 5) is 14.5. The summed E-state index contributed by atoms with van der Waals surface area (Å²) >= 11 is 6.54. The van der Waals surface area contributed by atoms with Gasteiger partial charge in [0.1, 0.15) is 10.1 Å². The molecule has 3 aromatic rings. The molecule has 1 saturated heterocycles. The summed E-state index contributed by atoms with van der Waals surface area (Å²) in [5.74, 6) is -0.302. The predicted molar refractivity (Wildman–Crippen MR) is 118 cm³/mol. The lowest BCUT2D eigenvalue weighted by molar-refractivity contribution is -0.121. The molecule has 0 unspecified atom stereocenters. The minimum atomic E-state index is -0.216. The highest BCUT2D eigenvalue weighted by atomic mass is 32.2. The summed E-state index contributed by atoms with van der Waals surface area (Å²) in [5, 5.41) is 1.05. The van der Waals surface area contributed by atoms with Crippen molar-refractivity contribution in [1.29, 1.82) is 0 Å². The summed E-state index contributed by atoms with van der Waals surface area (Å²) in [6.45, 7) is 2.54. The van der Waals surface area contributed by atoms with Gasteiger partial charge in [-0.1, -0.05) is 67.3 Å². The molecule has 0 atom stereocenters. The molecule has 1 aliphatic heterocycles. The van der Waals surface area contributed by atoms with Crippen LogP contribution in [0.5, 0.6) is 0 Å². The topological polar surface area (TPSA) is 25.2 Å². The number of rotatable bonds is 4. The second-order valence-electron chi connectivity index (χ2n) is 6.71. The van der Waals surface area contributed by atoms with Crippen LogP contribution in [0.25, 0.3) is 17.0 Å². The molecule has 0 bridgehead atoms. The summed E-state index contributed by atoms with van der Waals surface area (Å²) < 4.78 is 16.9. The zero-order valence-electron chi connectivity index (χ0n) is 15.6. The molecule has 4 rings (SSSR count). The van der Waals surface area contributed by atoms with E-state index in [0.29, 0.717) is 21.3 Å². The predicted octanol–water partition coefficient (Wildman–Crippen LogP) is 5.22. The number of aryl methyl sites for hydroxylation is 1. The largest absolute Gasteiger partial charge is 0.342 e.